The lowest BCUT2D eigenvalue weighted by Gasteiger charge is -2.20. The molecule has 0 N–H and O–H groups in total. The number of rotatable bonds is 7. The molecular formula is C30H30ClN2P. The van der Waals surface area contributed by atoms with Crippen LogP contribution < -0.4 is 20.8 Å². The molecule has 0 aliphatic heterocycles. The highest BCUT2D eigenvalue weighted by Crippen LogP contribution is 2.32. The molecule has 0 amide bonds. The van der Waals surface area contributed by atoms with E-state index >= 15 is 0 Å². The number of halogens is 1. The molecule has 4 rings (SSSR count). The van der Waals surface area contributed by atoms with Crippen LogP contribution in [0.15, 0.2) is 115 Å². The average Bonchev–Trinajstić information content (AvgIpc) is 2.91. The quantitative estimate of drug-likeness (QED) is 0.222. The van der Waals surface area contributed by atoms with Gasteiger partial charge in [-0.25, -0.2) is 0 Å². The highest BCUT2D eigenvalue weighted by atomic mass is 35.5. The third-order valence-corrected chi connectivity index (χ3v) is 8.07. The highest BCUT2D eigenvalue weighted by Gasteiger charge is 2.15. The maximum atomic E-state index is 8.73. The SMILES string of the molecule is CC(C#N)CN(C)c1cccc(CCl)c1.c1ccc(P(c2ccccc2)c2ccccc2)cc1. The molecule has 172 valence electrons. The first kappa shape index (κ1) is 25.5. The Morgan fingerprint density at radius 3 is 1.65 bits per heavy atom. The maximum Gasteiger partial charge on any atom is 0.0671 e. The normalized spacial score (nSPS) is 11.1. The fourth-order valence-corrected chi connectivity index (χ4v) is 6.08. The van der Waals surface area contributed by atoms with Crippen molar-refractivity contribution in [3.8, 4) is 6.07 Å². The minimum absolute atomic E-state index is 0.0367. The molecule has 0 radical (unpaired) electrons. The number of alkyl halides is 1. The van der Waals surface area contributed by atoms with Gasteiger partial charge in [-0.2, -0.15) is 5.26 Å². The lowest BCUT2D eigenvalue weighted by Crippen LogP contribution is -2.23. The number of nitriles is 1. The Morgan fingerprint density at radius 2 is 1.24 bits per heavy atom. The van der Waals surface area contributed by atoms with Crippen molar-refractivity contribution >= 4 is 41.1 Å². The minimum Gasteiger partial charge on any atom is -0.373 e. The summed E-state index contributed by atoms with van der Waals surface area (Å²) in [7, 11) is 1.54. The molecule has 0 saturated heterocycles. The van der Waals surface area contributed by atoms with Crippen molar-refractivity contribution in [2.24, 2.45) is 5.92 Å². The van der Waals surface area contributed by atoms with Crippen LogP contribution in [0.4, 0.5) is 5.69 Å². The van der Waals surface area contributed by atoms with Crippen LogP contribution in [0.25, 0.3) is 0 Å². The standard InChI is InChI=1S/C18H15P.C12H15ClN2/c1-4-10-16(11-5-1)19(17-12-6-2-7-13-17)18-14-8-3-9-15-18;1-10(8-14)9-15(2)12-5-3-4-11(6-12)7-13/h1-15H;3-6,10H,7,9H2,1-2H3. The summed E-state index contributed by atoms with van der Waals surface area (Å²) in [5.41, 5.74) is 2.21. The summed E-state index contributed by atoms with van der Waals surface area (Å²) < 4.78 is 0. The average molecular weight is 485 g/mol. The molecule has 2 nitrogen and oxygen atoms in total. The van der Waals surface area contributed by atoms with E-state index in [2.05, 4.69) is 108 Å². The van der Waals surface area contributed by atoms with Crippen LogP contribution in [0.5, 0.6) is 0 Å². The lowest BCUT2D eigenvalue weighted by molar-refractivity contribution is 0.716. The van der Waals surface area contributed by atoms with Gasteiger partial charge in [-0.05, 0) is 48.5 Å². The van der Waals surface area contributed by atoms with E-state index in [9.17, 15) is 0 Å². The zero-order valence-corrected chi connectivity index (χ0v) is 21.3. The second-order valence-corrected chi connectivity index (χ2v) is 10.5. The van der Waals surface area contributed by atoms with Gasteiger partial charge in [-0.3, -0.25) is 0 Å². The molecule has 0 aliphatic carbocycles. The van der Waals surface area contributed by atoms with Gasteiger partial charge < -0.3 is 4.90 Å². The summed E-state index contributed by atoms with van der Waals surface area (Å²) in [6, 6.07) is 42.6. The van der Waals surface area contributed by atoms with Crippen LogP contribution in [0.3, 0.4) is 0 Å². The van der Waals surface area contributed by atoms with E-state index in [4.69, 9.17) is 16.9 Å². The van der Waals surface area contributed by atoms with Crippen molar-refractivity contribution < 1.29 is 0 Å². The minimum atomic E-state index is -0.446. The Balaban J connectivity index is 0.000000197. The van der Waals surface area contributed by atoms with Crippen LogP contribution >= 0.6 is 19.5 Å². The van der Waals surface area contributed by atoms with Gasteiger partial charge in [0, 0.05) is 25.2 Å². The van der Waals surface area contributed by atoms with E-state index in [0.717, 1.165) is 17.8 Å². The fourth-order valence-electron chi connectivity index (χ4n) is 3.61. The van der Waals surface area contributed by atoms with Gasteiger partial charge in [-0.1, -0.05) is 103 Å². The molecule has 0 bridgehead atoms. The monoisotopic (exact) mass is 484 g/mol. The van der Waals surface area contributed by atoms with Gasteiger partial charge in [0.15, 0.2) is 0 Å². The molecule has 0 saturated carbocycles. The molecule has 1 unspecified atom stereocenters. The highest BCUT2D eigenvalue weighted by molar-refractivity contribution is 7.79. The van der Waals surface area contributed by atoms with E-state index in [1.165, 1.54) is 15.9 Å². The summed E-state index contributed by atoms with van der Waals surface area (Å²) in [4.78, 5) is 2.07. The number of benzene rings is 4. The van der Waals surface area contributed by atoms with Gasteiger partial charge in [0.05, 0.1) is 12.0 Å². The number of hydrogen-bond acceptors (Lipinski definition) is 2. The summed E-state index contributed by atoms with van der Waals surface area (Å²) in [6.07, 6.45) is 0. The van der Waals surface area contributed by atoms with Crippen molar-refractivity contribution in [2.75, 3.05) is 18.5 Å². The fraction of sp³-hybridized carbons (Fsp3) is 0.167. The first-order valence-corrected chi connectivity index (χ1v) is 13.2. The molecule has 0 heterocycles. The Hall–Kier alpha value is -3.11. The second-order valence-electron chi connectivity index (χ2n) is 8.06. The van der Waals surface area contributed by atoms with Gasteiger partial charge in [0.2, 0.25) is 0 Å². The predicted molar refractivity (Wildman–Crippen MR) is 149 cm³/mol. The molecular weight excluding hydrogens is 455 g/mol. The van der Waals surface area contributed by atoms with Gasteiger partial charge in [0.1, 0.15) is 0 Å². The molecule has 4 heteroatoms. The first-order valence-electron chi connectivity index (χ1n) is 11.3. The Bertz CT molecular complexity index is 1070. The third-order valence-electron chi connectivity index (χ3n) is 5.32. The van der Waals surface area contributed by atoms with E-state index in [1.807, 2.05) is 32.2 Å². The van der Waals surface area contributed by atoms with E-state index in [-0.39, 0.29) is 5.92 Å². The molecule has 0 fully saturated rings. The Kier molecular flexibility index (Phi) is 10.2. The van der Waals surface area contributed by atoms with Gasteiger partial charge in [-0.15, -0.1) is 11.6 Å². The lowest BCUT2D eigenvalue weighted by atomic mass is 10.1. The maximum absolute atomic E-state index is 8.73. The molecule has 4 aromatic rings. The molecule has 0 aromatic heterocycles. The zero-order chi connectivity index (χ0) is 24.2. The van der Waals surface area contributed by atoms with E-state index in [0.29, 0.717) is 5.88 Å². The number of hydrogen-bond donors (Lipinski definition) is 0. The van der Waals surface area contributed by atoms with Crippen molar-refractivity contribution in [2.45, 2.75) is 12.8 Å². The summed E-state index contributed by atoms with van der Waals surface area (Å²) in [6.45, 7) is 2.66. The Morgan fingerprint density at radius 1 is 0.765 bits per heavy atom. The second kappa shape index (κ2) is 13.6. The van der Waals surface area contributed by atoms with Crippen molar-refractivity contribution in [1.82, 2.24) is 0 Å². The predicted octanol–water partition coefficient (Wildman–Crippen LogP) is 6.47. The topological polar surface area (TPSA) is 27.0 Å². The molecule has 0 aliphatic rings. The van der Waals surface area contributed by atoms with E-state index < -0.39 is 7.92 Å². The molecule has 4 aromatic carbocycles. The van der Waals surface area contributed by atoms with Gasteiger partial charge in [0.25, 0.3) is 0 Å². The molecule has 1 atom stereocenters. The van der Waals surface area contributed by atoms with Crippen LogP contribution in [-0.2, 0) is 5.88 Å². The third kappa shape index (κ3) is 7.46. The molecule has 0 spiro atoms. The van der Waals surface area contributed by atoms with E-state index in [1.54, 1.807) is 0 Å². The van der Waals surface area contributed by atoms with Crippen molar-refractivity contribution in [1.29, 1.82) is 5.26 Å². The number of anilines is 1. The summed E-state index contributed by atoms with van der Waals surface area (Å²) >= 11 is 5.77. The zero-order valence-electron chi connectivity index (χ0n) is 19.7. The Labute approximate surface area is 210 Å². The van der Waals surface area contributed by atoms with Crippen LogP contribution in [0.2, 0.25) is 0 Å². The smallest absolute Gasteiger partial charge is 0.0671 e. The van der Waals surface area contributed by atoms with Crippen LogP contribution in [0, 0.1) is 17.2 Å². The first-order chi connectivity index (χ1) is 16.6. The summed E-state index contributed by atoms with van der Waals surface area (Å²) in [5, 5.41) is 12.9. The van der Waals surface area contributed by atoms with Crippen molar-refractivity contribution in [3.63, 3.8) is 0 Å². The number of nitrogens with zero attached hydrogens (tertiary/aromatic N) is 2. The van der Waals surface area contributed by atoms with Crippen LogP contribution in [-0.4, -0.2) is 13.6 Å². The van der Waals surface area contributed by atoms with Crippen LogP contribution in [0.1, 0.15) is 12.5 Å². The van der Waals surface area contributed by atoms with Gasteiger partial charge >= 0.3 is 0 Å². The summed E-state index contributed by atoms with van der Waals surface area (Å²) in [5.74, 6) is 0.560. The molecule has 34 heavy (non-hydrogen) atoms. The largest absolute Gasteiger partial charge is 0.373 e. The van der Waals surface area contributed by atoms with Crippen molar-refractivity contribution in [3.05, 3.63) is 121 Å².